The summed E-state index contributed by atoms with van der Waals surface area (Å²) in [6, 6.07) is 24.5. The Morgan fingerprint density at radius 2 is 1.64 bits per heavy atom. The Morgan fingerprint density at radius 3 is 2.43 bits per heavy atom. The number of carbonyl (C=O) groups excluding carboxylic acids is 3. The lowest BCUT2D eigenvalue weighted by molar-refractivity contribution is -0.123. The molecule has 3 heterocycles. The number of anilines is 2. The fourth-order valence-corrected chi connectivity index (χ4v) is 11.0. The molecule has 2 aliphatic carbocycles. The highest BCUT2D eigenvalue weighted by molar-refractivity contribution is 8.00. The number of fused-ring (bicyclic) bond motifs is 9. The zero-order valence-electron chi connectivity index (χ0n) is 23.8. The van der Waals surface area contributed by atoms with Gasteiger partial charge in [-0.15, -0.1) is 11.8 Å². The molecular weight excluding hydrogens is 595 g/mol. The van der Waals surface area contributed by atoms with Crippen LogP contribution in [0.15, 0.2) is 88.7 Å². The van der Waals surface area contributed by atoms with E-state index in [0.717, 1.165) is 33.1 Å². The minimum absolute atomic E-state index is 0.0135. The maximum atomic E-state index is 13.9. The number of amides is 3. The number of benzene rings is 3. The first-order chi connectivity index (χ1) is 21.4. The largest absolute Gasteiger partial charge is 0.483 e. The highest BCUT2D eigenvalue weighted by Crippen LogP contribution is 2.69. The van der Waals surface area contributed by atoms with Crippen LogP contribution in [-0.4, -0.2) is 34.6 Å². The fourth-order valence-electron chi connectivity index (χ4n) is 8.11. The molecule has 4 aliphatic rings. The molecule has 3 fully saturated rings. The van der Waals surface area contributed by atoms with E-state index >= 15 is 0 Å². The van der Waals surface area contributed by atoms with Crippen LogP contribution in [0.5, 0.6) is 5.75 Å². The standard InChI is InChI=1S/C34H29N3O5S2/c1-17-9-5-7-13-22(17)35-24(38)16-42-23-14-8-6-12-19(23)25-26-20-15-21(29(26)43-31-30(25)44-34(41)36-31)28-27(20)32(39)37(33(28)40)18-10-3-2-4-11-18/h2-14,20-21,25-29H,15-16H2,1H3,(H,35,38)(H,36,41)/t20-,21-,25+,26-,27+,28+,29-/m1/s1. The molecular formula is C34H29N3O5S2. The zero-order valence-corrected chi connectivity index (χ0v) is 25.4. The number of ether oxygens (including phenoxy) is 1. The second-order valence-electron chi connectivity index (χ2n) is 12.0. The van der Waals surface area contributed by atoms with Crippen molar-refractivity contribution in [3.8, 4) is 5.75 Å². The van der Waals surface area contributed by atoms with E-state index in [1.807, 2.05) is 85.8 Å². The summed E-state index contributed by atoms with van der Waals surface area (Å²) in [4.78, 5) is 58.6. The average Bonchev–Trinajstić information content (AvgIpc) is 3.76. The average molecular weight is 624 g/mol. The van der Waals surface area contributed by atoms with Crippen LogP contribution in [-0.2, 0) is 14.4 Å². The van der Waals surface area contributed by atoms with E-state index in [4.69, 9.17) is 4.74 Å². The van der Waals surface area contributed by atoms with Crippen molar-refractivity contribution in [3.05, 3.63) is 105 Å². The van der Waals surface area contributed by atoms with Gasteiger partial charge in [0.15, 0.2) is 6.61 Å². The molecule has 1 saturated heterocycles. The quantitative estimate of drug-likeness (QED) is 0.277. The molecule has 3 aromatic carbocycles. The summed E-state index contributed by atoms with van der Waals surface area (Å²) >= 11 is 2.85. The molecule has 8 rings (SSSR count). The normalized spacial score (nSPS) is 28.0. The Kier molecular flexibility index (Phi) is 6.53. The third kappa shape index (κ3) is 4.18. The molecule has 2 aliphatic heterocycles. The van der Waals surface area contributed by atoms with Crippen LogP contribution in [0.3, 0.4) is 0 Å². The van der Waals surface area contributed by atoms with Crippen molar-refractivity contribution in [1.82, 2.24) is 4.98 Å². The van der Waals surface area contributed by atoms with Crippen molar-refractivity contribution in [1.29, 1.82) is 0 Å². The summed E-state index contributed by atoms with van der Waals surface area (Å²) in [6.07, 6.45) is 0.801. The van der Waals surface area contributed by atoms with Crippen molar-refractivity contribution in [2.45, 2.75) is 29.5 Å². The number of nitrogens with zero attached hydrogens (tertiary/aromatic N) is 1. The monoisotopic (exact) mass is 623 g/mol. The van der Waals surface area contributed by atoms with Crippen molar-refractivity contribution < 1.29 is 19.1 Å². The van der Waals surface area contributed by atoms with Crippen molar-refractivity contribution in [2.75, 3.05) is 16.8 Å². The predicted molar refractivity (Wildman–Crippen MR) is 169 cm³/mol. The van der Waals surface area contributed by atoms with Gasteiger partial charge in [-0.1, -0.05) is 65.9 Å². The number of H-pyrrole nitrogens is 1. The van der Waals surface area contributed by atoms with Gasteiger partial charge in [-0.3, -0.25) is 24.1 Å². The molecule has 0 unspecified atom stereocenters. The minimum Gasteiger partial charge on any atom is -0.483 e. The van der Waals surface area contributed by atoms with Gasteiger partial charge in [0.25, 0.3) is 5.91 Å². The van der Waals surface area contributed by atoms with E-state index < -0.39 is 0 Å². The number of aromatic amines is 1. The number of para-hydroxylation sites is 3. The molecule has 10 heteroatoms. The maximum absolute atomic E-state index is 13.9. The Balaban J connectivity index is 1.13. The molecule has 44 heavy (non-hydrogen) atoms. The summed E-state index contributed by atoms with van der Waals surface area (Å²) in [6.45, 7) is 1.76. The second-order valence-corrected chi connectivity index (χ2v) is 14.2. The molecule has 4 aromatic rings. The molecule has 3 amide bonds. The number of thioether (sulfide) groups is 1. The van der Waals surface area contributed by atoms with Crippen molar-refractivity contribution in [3.63, 3.8) is 0 Å². The number of imide groups is 1. The number of nitrogens with one attached hydrogen (secondary N) is 2. The van der Waals surface area contributed by atoms with E-state index in [1.54, 1.807) is 11.8 Å². The molecule has 8 nitrogen and oxygen atoms in total. The van der Waals surface area contributed by atoms with E-state index in [-0.39, 0.29) is 70.0 Å². The van der Waals surface area contributed by atoms with Gasteiger partial charge in [0.1, 0.15) is 5.75 Å². The first-order valence-corrected chi connectivity index (χ1v) is 16.5. The summed E-state index contributed by atoms with van der Waals surface area (Å²) in [5.41, 5.74) is 3.21. The maximum Gasteiger partial charge on any atom is 0.305 e. The number of hydrogen-bond acceptors (Lipinski definition) is 7. The highest BCUT2D eigenvalue weighted by Gasteiger charge is 2.69. The zero-order chi connectivity index (χ0) is 30.1. The Labute approximate surface area is 261 Å². The number of carbonyl (C=O) groups is 3. The third-order valence-corrected chi connectivity index (χ3v) is 12.4. The molecule has 2 N–H and O–H groups in total. The van der Waals surface area contributed by atoms with Crippen molar-refractivity contribution in [2.24, 2.45) is 29.6 Å². The summed E-state index contributed by atoms with van der Waals surface area (Å²) < 4.78 is 6.18. The van der Waals surface area contributed by atoms with Crippen LogP contribution in [0.25, 0.3) is 0 Å². The van der Waals surface area contributed by atoms with E-state index in [1.165, 1.54) is 16.2 Å². The van der Waals surface area contributed by atoms with Gasteiger partial charge in [0.2, 0.25) is 11.8 Å². The number of hydrogen-bond donors (Lipinski definition) is 2. The molecule has 2 saturated carbocycles. The van der Waals surface area contributed by atoms with Gasteiger partial charge < -0.3 is 15.0 Å². The number of thiazole rings is 1. The van der Waals surface area contributed by atoms with E-state index in [9.17, 15) is 19.2 Å². The number of aromatic nitrogens is 1. The lowest BCUT2D eigenvalue weighted by Gasteiger charge is -2.43. The second kappa shape index (κ2) is 10.5. The van der Waals surface area contributed by atoms with Gasteiger partial charge in [-0.2, -0.15) is 0 Å². The van der Waals surface area contributed by atoms with Crippen molar-refractivity contribution >= 4 is 52.2 Å². The topological polar surface area (TPSA) is 109 Å². The van der Waals surface area contributed by atoms with Gasteiger partial charge >= 0.3 is 4.87 Å². The van der Waals surface area contributed by atoms with Crippen LogP contribution in [0, 0.1) is 36.5 Å². The molecule has 7 atom stereocenters. The summed E-state index contributed by atoms with van der Waals surface area (Å²) in [5, 5.41) is 3.82. The first-order valence-electron chi connectivity index (χ1n) is 14.8. The van der Waals surface area contributed by atoms with Gasteiger partial charge in [0.05, 0.1) is 22.5 Å². The first kappa shape index (κ1) is 27.4. The minimum atomic E-state index is -0.387. The van der Waals surface area contributed by atoms with Gasteiger partial charge in [-0.25, -0.2) is 0 Å². The Hall–Kier alpha value is -4.15. The molecule has 0 spiro atoms. The molecule has 1 aromatic heterocycles. The van der Waals surface area contributed by atoms with Crippen LogP contribution < -0.4 is 19.8 Å². The lowest BCUT2D eigenvalue weighted by Crippen LogP contribution is -2.42. The number of rotatable bonds is 6. The number of aryl methyl sites for hydroxylation is 1. The lowest BCUT2D eigenvalue weighted by atomic mass is 9.68. The van der Waals surface area contributed by atoms with Crippen LogP contribution in [0.4, 0.5) is 11.4 Å². The SMILES string of the molecule is Cc1ccccc1NC(=O)COc1ccccc1[C@@H]1c2sc(=O)[nH]c2S[C@@H]2[C@@H]3C[C@@H]([C@@H]4C(=O)N(c5ccccc5)C(=O)[C@@H]34)[C@H]12. The Bertz CT molecular complexity index is 1870. The highest BCUT2D eigenvalue weighted by atomic mass is 32.2. The van der Waals surface area contributed by atoms with Gasteiger partial charge in [-0.05, 0) is 60.9 Å². The van der Waals surface area contributed by atoms with E-state index in [0.29, 0.717) is 11.4 Å². The molecule has 222 valence electrons. The van der Waals surface area contributed by atoms with Gasteiger partial charge in [0, 0.05) is 27.3 Å². The van der Waals surface area contributed by atoms with E-state index in [2.05, 4.69) is 10.3 Å². The van der Waals surface area contributed by atoms with Crippen LogP contribution >= 0.6 is 23.1 Å². The smallest absolute Gasteiger partial charge is 0.305 e. The summed E-state index contributed by atoms with van der Waals surface area (Å²) in [5.74, 6) is -0.825. The van der Waals surface area contributed by atoms with Crippen LogP contribution in [0.1, 0.15) is 28.3 Å². The summed E-state index contributed by atoms with van der Waals surface area (Å²) in [7, 11) is 0. The third-order valence-electron chi connectivity index (χ3n) is 9.77. The van der Waals surface area contributed by atoms with Crippen LogP contribution in [0.2, 0.25) is 0 Å². The predicted octanol–water partition coefficient (Wildman–Crippen LogP) is 5.44. The molecule has 0 radical (unpaired) electrons. The Morgan fingerprint density at radius 1 is 0.932 bits per heavy atom. The molecule has 2 bridgehead atoms. The fraction of sp³-hybridized carbons (Fsp3) is 0.294.